The molecule has 2 aromatic carbocycles. The van der Waals surface area contributed by atoms with Crippen LogP contribution in [0, 0.1) is 12.3 Å². The van der Waals surface area contributed by atoms with Crippen LogP contribution in [-0.4, -0.2) is 6.16 Å². The van der Waals surface area contributed by atoms with Crippen molar-refractivity contribution < 1.29 is 0 Å². The molecule has 0 spiro atoms. The molecular weight excluding hydrogens is 583 g/mol. The molecule has 0 radical (unpaired) electrons. The van der Waals surface area contributed by atoms with Crippen LogP contribution in [0.5, 0.6) is 0 Å². The second-order valence-electron chi connectivity index (χ2n) is 12.3. The fraction of sp³-hybridized carbons (Fsp3) is 0.174. The van der Waals surface area contributed by atoms with Crippen LogP contribution in [0.1, 0.15) is 45.7 Å². The van der Waals surface area contributed by atoms with E-state index in [2.05, 4.69) is 174 Å². The van der Waals surface area contributed by atoms with Gasteiger partial charge in [-0.15, -0.1) is 11.5 Å². The van der Waals surface area contributed by atoms with Crippen molar-refractivity contribution in [3.8, 4) is 0 Å². The number of rotatable bonds is 8. The molecule has 4 aliphatic carbocycles. The maximum absolute atomic E-state index is 4.39. The Kier molecular flexibility index (Phi) is 10.6. The Bertz CT molecular complexity index is 2110. The molecule has 1 unspecified atom stereocenters. The number of allylic oxidation sites excluding steroid dienone is 20. The predicted octanol–water partition coefficient (Wildman–Crippen LogP) is 11.3. The van der Waals surface area contributed by atoms with E-state index in [-0.39, 0.29) is 5.41 Å². The van der Waals surface area contributed by atoms with Crippen LogP contribution < -0.4 is 10.4 Å². The van der Waals surface area contributed by atoms with Crippen molar-refractivity contribution in [1.29, 1.82) is 0 Å². The van der Waals surface area contributed by atoms with Gasteiger partial charge in [0.15, 0.2) is 0 Å². The van der Waals surface area contributed by atoms with Crippen molar-refractivity contribution in [3.05, 3.63) is 206 Å². The van der Waals surface area contributed by atoms with Crippen molar-refractivity contribution in [2.24, 2.45) is 5.41 Å². The van der Waals surface area contributed by atoms with Gasteiger partial charge in [-0.2, -0.15) is 0 Å². The largest absolute Gasteiger partial charge is 0.112 e. The summed E-state index contributed by atoms with van der Waals surface area (Å²) in [4.78, 5) is 0. The molecule has 0 bridgehead atoms. The van der Waals surface area contributed by atoms with Crippen molar-refractivity contribution in [2.75, 3.05) is 6.16 Å². The minimum absolute atomic E-state index is 0.235. The van der Waals surface area contributed by atoms with Gasteiger partial charge in [0, 0.05) is 27.7 Å². The average molecular weight is 629 g/mol. The molecule has 0 nitrogen and oxygen atoms in total. The van der Waals surface area contributed by atoms with Gasteiger partial charge in [-0.05, 0) is 107 Å². The van der Waals surface area contributed by atoms with Gasteiger partial charge < -0.3 is 0 Å². The lowest BCUT2D eigenvalue weighted by Crippen LogP contribution is -2.19. The Labute approximate surface area is 283 Å². The molecule has 234 valence electrons. The summed E-state index contributed by atoms with van der Waals surface area (Å²) in [5.41, 5.74) is 18.3. The first-order valence-corrected chi connectivity index (χ1v) is 18.1. The van der Waals surface area contributed by atoms with E-state index in [9.17, 15) is 0 Å². The Morgan fingerprint density at radius 2 is 1.60 bits per heavy atom. The zero-order valence-corrected chi connectivity index (χ0v) is 29.6. The summed E-state index contributed by atoms with van der Waals surface area (Å²) in [5, 5.41) is 4.92. The van der Waals surface area contributed by atoms with Crippen LogP contribution in [0.4, 0.5) is 0 Å². The Morgan fingerprint density at radius 1 is 0.872 bits per heavy atom. The molecule has 1 heteroatoms. The first kappa shape index (κ1) is 33.7. The standard InChI is InChI=1S/C44H39P.C2H6/c1-7-41-40(43(34-20-13-14-21-34)42(44(41,5)6)27-33(4)39-25-17-12-19-32(39)3)30-45(37-24-11-9-8-10-18-31(2)26-37)38-28-35-22-15-16-23-36(35)29-38;1-2/h7-20,22-28H,1-2,30H2,3-6H3;1-2H3/b9-8-,18-10-,24-11-,33-27+,37-26+;. The predicted molar refractivity (Wildman–Crippen MR) is 208 cm³/mol. The number of hydrogen-bond acceptors (Lipinski definition) is 0. The minimum atomic E-state index is -0.848. The van der Waals surface area contributed by atoms with Gasteiger partial charge in [-0.3, -0.25) is 0 Å². The first-order chi connectivity index (χ1) is 22.8. The van der Waals surface area contributed by atoms with E-state index in [0.29, 0.717) is 0 Å². The zero-order chi connectivity index (χ0) is 33.6. The summed E-state index contributed by atoms with van der Waals surface area (Å²) in [7, 11) is -0.848. The van der Waals surface area contributed by atoms with Crippen LogP contribution in [-0.2, 0) is 0 Å². The zero-order valence-electron chi connectivity index (χ0n) is 28.7. The van der Waals surface area contributed by atoms with Crippen LogP contribution in [0.15, 0.2) is 184 Å². The van der Waals surface area contributed by atoms with E-state index < -0.39 is 7.92 Å². The van der Waals surface area contributed by atoms with Gasteiger partial charge in [0.2, 0.25) is 0 Å². The molecule has 4 aliphatic rings. The number of aryl methyl sites for hydroxylation is 1. The molecule has 0 N–H and O–H groups in total. The third kappa shape index (κ3) is 7.03. The molecule has 0 saturated carbocycles. The highest BCUT2D eigenvalue weighted by atomic mass is 31.1. The van der Waals surface area contributed by atoms with Crippen LogP contribution in [0.2, 0.25) is 0 Å². The first-order valence-electron chi connectivity index (χ1n) is 16.5. The van der Waals surface area contributed by atoms with E-state index >= 15 is 0 Å². The Morgan fingerprint density at radius 3 is 2.30 bits per heavy atom. The maximum atomic E-state index is 4.39. The van der Waals surface area contributed by atoms with Gasteiger partial charge in [-0.1, -0.05) is 138 Å². The summed E-state index contributed by atoms with van der Waals surface area (Å²) in [6, 6.07) is 17.2. The highest BCUT2D eigenvalue weighted by Crippen LogP contribution is 2.60. The summed E-state index contributed by atoms with van der Waals surface area (Å²) in [6.45, 7) is 21.9. The lowest BCUT2D eigenvalue weighted by Gasteiger charge is -2.25. The van der Waals surface area contributed by atoms with E-state index in [0.717, 1.165) is 22.5 Å². The third-order valence-corrected chi connectivity index (χ3v) is 11.3. The van der Waals surface area contributed by atoms with E-state index in [4.69, 9.17) is 0 Å². The van der Waals surface area contributed by atoms with Gasteiger partial charge in [-0.25, -0.2) is 0 Å². The monoisotopic (exact) mass is 628 g/mol. The highest BCUT2D eigenvalue weighted by molar-refractivity contribution is 7.67. The molecule has 47 heavy (non-hydrogen) atoms. The molecule has 2 aromatic rings. The van der Waals surface area contributed by atoms with Crippen molar-refractivity contribution in [1.82, 2.24) is 0 Å². The fourth-order valence-corrected chi connectivity index (χ4v) is 9.04. The molecule has 6 rings (SSSR count). The number of hydrogen-bond donors (Lipinski definition) is 0. The maximum Gasteiger partial charge on any atom is 0.0244 e. The van der Waals surface area contributed by atoms with E-state index in [1.807, 2.05) is 19.9 Å². The smallest absolute Gasteiger partial charge is 0.0244 e. The Hall–Kier alpha value is -4.69. The Balaban J connectivity index is 0.00000213. The van der Waals surface area contributed by atoms with Crippen LogP contribution in [0.25, 0.3) is 17.4 Å². The van der Waals surface area contributed by atoms with E-state index in [1.165, 1.54) is 54.8 Å². The van der Waals surface area contributed by atoms with Crippen molar-refractivity contribution >= 4 is 25.3 Å². The lowest BCUT2D eigenvalue weighted by molar-refractivity contribution is 0.575. The quantitative estimate of drug-likeness (QED) is 0.202. The summed E-state index contributed by atoms with van der Waals surface area (Å²) >= 11 is 0. The number of benzene rings is 2. The van der Waals surface area contributed by atoms with E-state index in [1.54, 1.807) is 0 Å². The fourth-order valence-electron chi connectivity index (χ4n) is 6.62. The normalized spacial score (nSPS) is 21.4. The number of fused-ring (bicyclic) bond motifs is 1. The van der Waals surface area contributed by atoms with Gasteiger partial charge >= 0.3 is 0 Å². The van der Waals surface area contributed by atoms with Crippen LogP contribution >= 0.6 is 7.92 Å². The van der Waals surface area contributed by atoms with Gasteiger partial charge in [0.1, 0.15) is 0 Å². The average Bonchev–Trinajstić information content (AvgIpc) is 3.80. The molecule has 0 aliphatic heterocycles. The third-order valence-electron chi connectivity index (χ3n) is 8.92. The molecule has 0 heterocycles. The van der Waals surface area contributed by atoms with Crippen molar-refractivity contribution in [3.63, 3.8) is 0 Å². The lowest BCUT2D eigenvalue weighted by atomic mass is 9.78. The van der Waals surface area contributed by atoms with Crippen molar-refractivity contribution in [2.45, 2.75) is 41.5 Å². The second kappa shape index (κ2) is 14.8. The van der Waals surface area contributed by atoms with Gasteiger partial charge in [0.25, 0.3) is 0 Å². The summed E-state index contributed by atoms with van der Waals surface area (Å²) in [6.07, 6.45) is 29.0. The SMILES string of the molecule is C=CC1=C(CP(C2=C=c3ccccc3=C2)C2=C\C(=C)\C=C/C=C\C=C/2)C(C2=C=CC=C2)=C(/C=C(\C)c2ccccc2C)C1(C)C.CC. The topological polar surface area (TPSA) is 0 Å². The highest BCUT2D eigenvalue weighted by Gasteiger charge is 2.40. The molecule has 0 saturated heterocycles. The van der Waals surface area contributed by atoms with Crippen LogP contribution in [0.3, 0.4) is 0 Å². The summed E-state index contributed by atoms with van der Waals surface area (Å²) < 4.78 is 0. The minimum Gasteiger partial charge on any atom is -0.112 e. The molecular formula is C46H45P. The molecule has 0 fully saturated rings. The second-order valence-corrected chi connectivity index (χ2v) is 14.5. The summed E-state index contributed by atoms with van der Waals surface area (Å²) in [5.74, 6) is 0. The van der Waals surface area contributed by atoms with Gasteiger partial charge in [0.05, 0.1) is 0 Å². The molecule has 1 atom stereocenters. The molecule has 0 aromatic heterocycles. The molecule has 0 amide bonds.